The van der Waals surface area contributed by atoms with E-state index in [0.717, 1.165) is 16.2 Å². The van der Waals surface area contributed by atoms with E-state index in [1.165, 1.54) is 0 Å². The number of carbonyl (C=O) groups is 1. The Hall–Kier alpha value is -1.72. The van der Waals surface area contributed by atoms with Crippen LogP contribution in [0.2, 0.25) is 5.02 Å². The molecule has 6 heteroatoms. The first kappa shape index (κ1) is 17.6. The van der Waals surface area contributed by atoms with Crippen molar-refractivity contribution in [3.8, 4) is 0 Å². The van der Waals surface area contributed by atoms with Crippen molar-refractivity contribution in [1.82, 2.24) is 10.3 Å². The number of thioether (sulfide) groups is 1. The summed E-state index contributed by atoms with van der Waals surface area (Å²) < 4.78 is 0. The van der Waals surface area contributed by atoms with Gasteiger partial charge in [-0.25, -0.2) is 0 Å². The molecule has 0 aliphatic carbocycles. The van der Waals surface area contributed by atoms with Crippen LogP contribution in [0.5, 0.6) is 0 Å². The second-order valence-electron chi connectivity index (χ2n) is 5.27. The largest absolute Gasteiger partial charge is 0.352 e. The summed E-state index contributed by atoms with van der Waals surface area (Å²) in [5.74, 6) is 0.613. The van der Waals surface area contributed by atoms with Crippen molar-refractivity contribution in [3.63, 3.8) is 0 Å². The number of aromatic nitrogens is 1. The summed E-state index contributed by atoms with van der Waals surface area (Å²) in [6, 6.07) is 9.42. The van der Waals surface area contributed by atoms with E-state index in [-0.39, 0.29) is 18.0 Å². The second kappa shape index (κ2) is 8.22. The molecule has 1 aromatic heterocycles. The first-order chi connectivity index (χ1) is 11.0. The van der Waals surface area contributed by atoms with Crippen LogP contribution in [-0.2, 0) is 11.3 Å². The molecule has 0 radical (unpaired) electrons. The number of aryl methyl sites for hydroxylation is 2. The van der Waals surface area contributed by atoms with Gasteiger partial charge in [-0.1, -0.05) is 11.6 Å². The fourth-order valence-electron chi connectivity index (χ4n) is 2.17. The van der Waals surface area contributed by atoms with E-state index in [1.54, 1.807) is 11.8 Å². The molecule has 2 N–H and O–H groups in total. The summed E-state index contributed by atoms with van der Waals surface area (Å²) in [6.07, 6.45) is 0.399. The lowest BCUT2D eigenvalue weighted by atomic mass is 10.1. The van der Waals surface area contributed by atoms with Gasteiger partial charge in [-0.3, -0.25) is 9.59 Å². The first-order valence-electron chi connectivity index (χ1n) is 7.30. The van der Waals surface area contributed by atoms with Crippen molar-refractivity contribution in [1.29, 1.82) is 0 Å². The second-order valence-corrected chi connectivity index (χ2v) is 6.88. The van der Waals surface area contributed by atoms with Gasteiger partial charge in [-0.05, 0) is 49.7 Å². The SMILES string of the molecule is Cc1cc(C)c(CNC(=O)CCSc2ccc(Cl)cc2)c(=O)[nH]1. The normalized spacial score (nSPS) is 10.6. The highest BCUT2D eigenvalue weighted by Crippen LogP contribution is 2.20. The van der Waals surface area contributed by atoms with Gasteiger partial charge in [0.15, 0.2) is 0 Å². The molecule has 1 aromatic carbocycles. The van der Waals surface area contributed by atoms with Gasteiger partial charge in [0.25, 0.3) is 5.56 Å². The summed E-state index contributed by atoms with van der Waals surface area (Å²) in [5, 5.41) is 3.50. The highest BCUT2D eigenvalue weighted by Gasteiger charge is 2.07. The summed E-state index contributed by atoms with van der Waals surface area (Å²) in [7, 11) is 0. The molecular weight excluding hydrogens is 332 g/mol. The van der Waals surface area contributed by atoms with Crippen molar-refractivity contribution in [2.24, 2.45) is 0 Å². The van der Waals surface area contributed by atoms with Crippen LogP contribution >= 0.6 is 23.4 Å². The maximum absolute atomic E-state index is 11.9. The number of halogens is 1. The van der Waals surface area contributed by atoms with Gasteiger partial charge in [-0.15, -0.1) is 11.8 Å². The van der Waals surface area contributed by atoms with Crippen LogP contribution in [0.4, 0.5) is 0 Å². The van der Waals surface area contributed by atoms with Gasteiger partial charge in [-0.2, -0.15) is 0 Å². The van der Waals surface area contributed by atoms with Crippen molar-refractivity contribution in [2.75, 3.05) is 5.75 Å². The number of rotatable bonds is 6. The number of hydrogen-bond donors (Lipinski definition) is 2. The Kier molecular flexibility index (Phi) is 6.30. The Morgan fingerprint density at radius 2 is 1.96 bits per heavy atom. The number of pyridine rings is 1. The Bertz CT molecular complexity index is 741. The molecule has 0 aliphatic rings. The third-order valence-corrected chi connectivity index (χ3v) is 4.63. The number of amides is 1. The van der Waals surface area contributed by atoms with Crippen molar-refractivity contribution < 1.29 is 4.79 Å². The number of benzene rings is 1. The molecule has 23 heavy (non-hydrogen) atoms. The fraction of sp³-hybridized carbons (Fsp3) is 0.294. The first-order valence-corrected chi connectivity index (χ1v) is 8.66. The predicted molar refractivity (Wildman–Crippen MR) is 95.2 cm³/mol. The minimum atomic E-state index is -0.140. The Balaban J connectivity index is 1.79. The molecule has 0 unspecified atom stereocenters. The molecule has 0 saturated heterocycles. The number of nitrogens with one attached hydrogen (secondary N) is 2. The van der Waals surface area contributed by atoms with Gasteiger partial charge in [0.05, 0.1) is 0 Å². The van der Waals surface area contributed by atoms with Crippen molar-refractivity contribution in [2.45, 2.75) is 31.7 Å². The number of carbonyl (C=O) groups excluding carboxylic acids is 1. The molecule has 122 valence electrons. The van der Waals surface area contributed by atoms with E-state index in [2.05, 4.69) is 10.3 Å². The van der Waals surface area contributed by atoms with E-state index >= 15 is 0 Å². The molecule has 0 aliphatic heterocycles. The zero-order valence-corrected chi connectivity index (χ0v) is 14.7. The topological polar surface area (TPSA) is 62.0 Å². The third-order valence-electron chi connectivity index (χ3n) is 3.37. The minimum Gasteiger partial charge on any atom is -0.352 e. The fourth-order valence-corrected chi connectivity index (χ4v) is 3.15. The average Bonchev–Trinajstić information content (AvgIpc) is 2.48. The van der Waals surface area contributed by atoms with Crippen LogP contribution in [0.1, 0.15) is 23.2 Å². The lowest BCUT2D eigenvalue weighted by Crippen LogP contribution is -2.28. The number of aromatic amines is 1. The molecule has 0 atom stereocenters. The van der Waals surface area contributed by atoms with Crippen LogP contribution in [0.25, 0.3) is 0 Å². The lowest BCUT2D eigenvalue weighted by molar-refractivity contribution is -0.120. The molecule has 1 heterocycles. The maximum atomic E-state index is 11.9. The molecule has 2 rings (SSSR count). The lowest BCUT2D eigenvalue weighted by Gasteiger charge is -2.08. The van der Waals surface area contributed by atoms with E-state index in [1.807, 2.05) is 44.2 Å². The molecule has 0 spiro atoms. The molecule has 1 amide bonds. The van der Waals surface area contributed by atoms with Gasteiger partial charge >= 0.3 is 0 Å². The molecule has 0 bridgehead atoms. The summed E-state index contributed by atoms with van der Waals surface area (Å²) >= 11 is 7.43. The monoisotopic (exact) mass is 350 g/mol. The minimum absolute atomic E-state index is 0.0640. The average molecular weight is 351 g/mol. The van der Waals surface area contributed by atoms with Crippen LogP contribution in [0, 0.1) is 13.8 Å². The van der Waals surface area contributed by atoms with Gasteiger partial charge < -0.3 is 10.3 Å². The quantitative estimate of drug-likeness (QED) is 0.784. The van der Waals surface area contributed by atoms with E-state index in [4.69, 9.17) is 11.6 Å². The summed E-state index contributed by atoms with van der Waals surface area (Å²) in [5.41, 5.74) is 2.18. The molecular formula is C17H19ClN2O2S. The molecule has 4 nitrogen and oxygen atoms in total. The maximum Gasteiger partial charge on any atom is 0.253 e. The van der Waals surface area contributed by atoms with Crippen molar-refractivity contribution in [3.05, 3.63) is 62.5 Å². The van der Waals surface area contributed by atoms with Crippen LogP contribution in [-0.4, -0.2) is 16.6 Å². The number of hydrogen-bond acceptors (Lipinski definition) is 3. The third kappa shape index (κ3) is 5.44. The van der Waals surface area contributed by atoms with Gasteiger partial charge in [0.1, 0.15) is 0 Å². The van der Waals surface area contributed by atoms with Crippen molar-refractivity contribution >= 4 is 29.3 Å². The standard InChI is InChI=1S/C17H19ClN2O2S/c1-11-9-12(2)20-17(22)15(11)10-19-16(21)7-8-23-14-5-3-13(18)4-6-14/h3-6,9H,7-8,10H2,1-2H3,(H,19,21)(H,20,22). The van der Waals surface area contributed by atoms with Gasteiger partial charge in [0, 0.05) is 39.9 Å². The predicted octanol–water partition coefficient (Wildman–Crippen LogP) is 3.44. The summed E-state index contributed by atoms with van der Waals surface area (Å²) in [6.45, 7) is 3.97. The number of H-pyrrole nitrogens is 1. The van der Waals surface area contributed by atoms with Crippen LogP contribution in [0.3, 0.4) is 0 Å². The Morgan fingerprint density at radius 3 is 2.61 bits per heavy atom. The zero-order valence-electron chi connectivity index (χ0n) is 13.1. The highest BCUT2D eigenvalue weighted by molar-refractivity contribution is 7.99. The van der Waals surface area contributed by atoms with Crippen LogP contribution in [0.15, 0.2) is 40.0 Å². The Morgan fingerprint density at radius 1 is 1.26 bits per heavy atom. The smallest absolute Gasteiger partial charge is 0.253 e. The van der Waals surface area contributed by atoms with Crippen LogP contribution < -0.4 is 10.9 Å². The molecule has 0 saturated carbocycles. The van der Waals surface area contributed by atoms with E-state index in [0.29, 0.717) is 22.8 Å². The van der Waals surface area contributed by atoms with E-state index in [9.17, 15) is 9.59 Å². The van der Waals surface area contributed by atoms with Gasteiger partial charge in [0.2, 0.25) is 5.91 Å². The zero-order chi connectivity index (χ0) is 16.8. The highest BCUT2D eigenvalue weighted by atomic mass is 35.5. The molecule has 0 fully saturated rings. The Labute approximate surface area is 144 Å². The van der Waals surface area contributed by atoms with E-state index < -0.39 is 0 Å². The molecule has 2 aromatic rings. The summed E-state index contributed by atoms with van der Waals surface area (Å²) in [4.78, 5) is 27.6.